The highest BCUT2D eigenvalue weighted by atomic mass is 16.7. The fourth-order valence-corrected chi connectivity index (χ4v) is 7.72. The maximum absolute atomic E-state index is 12.3. The Morgan fingerprint density at radius 3 is 2.50 bits per heavy atom. The van der Waals surface area contributed by atoms with E-state index >= 15 is 0 Å². The second-order valence-electron chi connectivity index (χ2n) is 10.0. The van der Waals surface area contributed by atoms with Crippen LogP contribution < -0.4 is 0 Å². The van der Waals surface area contributed by atoms with Crippen LogP contribution >= 0.6 is 0 Å². The molecule has 5 heteroatoms. The normalized spacial score (nSPS) is 43.9. The number of carbonyl (C=O) groups excluding carboxylic acids is 1. The number of hydrogen-bond acceptors (Lipinski definition) is 3. The van der Waals surface area contributed by atoms with E-state index in [9.17, 15) is 14.7 Å². The first-order chi connectivity index (χ1) is 13.2. The monoisotopic (exact) mass is 388 g/mol. The highest BCUT2D eigenvalue weighted by Crippen LogP contribution is 2.66. The molecule has 0 aromatic carbocycles. The van der Waals surface area contributed by atoms with E-state index in [-0.39, 0.29) is 16.7 Å². The van der Waals surface area contributed by atoms with E-state index < -0.39 is 6.09 Å². The van der Waals surface area contributed by atoms with E-state index in [0.29, 0.717) is 23.5 Å². The molecule has 6 atom stereocenters. The van der Waals surface area contributed by atoms with Gasteiger partial charge in [0.1, 0.15) is 12.9 Å². The van der Waals surface area contributed by atoms with Gasteiger partial charge in [-0.1, -0.05) is 19.4 Å². The van der Waals surface area contributed by atoms with E-state index in [2.05, 4.69) is 19.9 Å². The Kier molecular flexibility index (Phi) is 4.71. The van der Waals surface area contributed by atoms with Crippen LogP contribution in [0.5, 0.6) is 0 Å². The zero-order chi connectivity index (χ0) is 20.3. The number of hydroxylamine groups is 1. The number of Topliss-reactive ketones (excluding diaryl/α,β-unsaturated/α-hetero) is 1. The number of allylic oxidation sites excluding steroid dienone is 2. The second kappa shape index (κ2) is 6.70. The van der Waals surface area contributed by atoms with Gasteiger partial charge in [0.15, 0.2) is 0 Å². The Labute approximate surface area is 167 Å². The third kappa shape index (κ3) is 2.68. The van der Waals surface area contributed by atoms with Crippen molar-refractivity contribution in [2.45, 2.75) is 72.1 Å². The van der Waals surface area contributed by atoms with Crippen molar-refractivity contribution in [3.63, 3.8) is 0 Å². The van der Waals surface area contributed by atoms with Gasteiger partial charge in [-0.15, -0.1) is 0 Å². The second-order valence-corrected chi connectivity index (χ2v) is 10.0. The van der Waals surface area contributed by atoms with Gasteiger partial charge in [0.2, 0.25) is 5.71 Å². The molecule has 1 N–H and O–H groups in total. The largest absolute Gasteiger partial charge is 0.643 e. The van der Waals surface area contributed by atoms with Crippen molar-refractivity contribution in [3.8, 4) is 0 Å². The molecule has 0 unspecified atom stereocenters. The minimum Gasteiger partial charge on any atom is -0.424 e. The Morgan fingerprint density at radius 2 is 1.86 bits per heavy atom. The van der Waals surface area contributed by atoms with Crippen molar-refractivity contribution >= 4 is 17.6 Å². The van der Waals surface area contributed by atoms with Gasteiger partial charge in [-0.25, -0.2) is 0 Å². The van der Waals surface area contributed by atoms with Crippen molar-refractivity contribution in [1.29, 1.82) is 0 Å². The molecule has 0 aliphatic heterocycles. The van der Waals surface area contributed by atoms with Crippen molar-refractivity contribution in [1.82, 2.24) is 0 Å². The average molecular weight is 389 g/mol. The Balaban J connectivity index is 1.65. The van der Waals surface area contributed by atoms with E-state index in [1.54, 1.807) is 6.92 Å². The third-order valence-electron chi connectivity index (χ3n) is 9.09. The van der Waals surface area contributed by atoms with Gasteiger partial charge in [-0.2, -0.15) is 4.79 Å². The summed E-state index contributed by atoms with van der Waals surface area (Å²) in [6, 6.07) is 0. The number of fused-ring (bicyclic) bond motifs is 5. The molecule has 0 aromatic rings. The minimum absolute atomic E-state index is 0.153. The van der Waals surface area contributed by atoms with Crippen molar-refractivity contribution in [2.75, 3.05) is 7.11 Å². The summed E-state index contributed by atoms with van der Waals surface area (Å²) in [5.41, 5.74) is 2.51. The quantitative estimate of drug-likeness (QED) is 0.542. The molecular weight excluding hydrogens is 354 g/mol. The molecule has 0 radical (unpaired) electrons. The lowest BCUT2D eigenvalue weighted by Gasteiger charge is -2.57. The van der Waals surface area contributed by atoms with Crippen LogP contribution in [0, 0.1) is 34.5 Å². The van der Waals surface area contributed by atoms with Crippen LogP contribution in [0.15, 0.2) is 11.6 Å². The highest BCUT2D eigenvalue weighted by Gasteiger charge is 2.59. The fourth-order valence-electron chi connectivity index (χ4n) is 7.72. The molecule has 5 nitrogen and oxygen atoms in total. The number of hydrogen-bond donors (Lipinski definition) is 1. The molecule has 3 saturated carbocycles. The molecule has 0 heterocycles. The first-order valence-electron chi connectivity index (χ1n) is 10.9. The van der Waals surface area contributed by atoms with Gasteiger partial charge >= 0.3 is 6.09 Å². The summed E-state index contributed by atoms with van der Waals surface area (Å²) in [5, 5.41) is 9.40. The van der Waals surface area contributed by atoms with E-state index in [4.69, 9.17) is 4.84 Å². The zero-order valence-corrected chi connectivity index (χ0v) is 17.7. The molecule has 0 saturated heterocycles. The summed E-state index contributed by atoms with van der Waals surface area (Å²) in [7, 11) is 1.41. The number of carboxylic acid groups (broad SMARTS) is 1. The zero-order valence-electron chi connectivity index (χ0n) is 17.7. The van der Waals surface area contributed by atoms with Gasteiger partial charge < -0.3 is 5.11 Å². The van der Waals surface area contributed by atoms with Gasteiger partial charge in [-0.05, 0) is 80.5 Å². The van der Waals surface area contributed by atoms with Crippen LogP contribution in [-0.2, 0) is 9.63 Å². The highest BCUT2D eigenvalue weighted by molar-refractivity contribution is 5.94. The van der Waals surface area contributed by atoms with Crippen LogP contribution in [0.25, 0.3) is 0 Å². The van der Waals surface area contributed by atoms with Gasteiger partial charge in [-0.3, -0.25) is 9.63 Å². The topological polar surface area (TPSA) is 66.6 Å². The Hall–Kier alpha value is -1.65. The number of carbonyl (C=O) groups is 2. The first kappa shape index (κ1) is 19.7. The Morgan fingerprint density at radius 1 is 1.11 bits per heavy atom. The number of nitrogens with zero attached hydrogens (tertiary/aromatic N) is 1. The predicted octanol–water partition coefficient (Wildman–Crippen LogP) is 4.85. The summed E-state index contributed by atoms with van der Waals surface area (Å²) in [6.45, 7) is 6.58. The molecule has 4 aliphatic rings. The predicted molar refractivity (Wildman–Crippen MR) is 106 cm³/mol. The standard InChI is InChI=1S/C23H33NO4/c1-14(25)18-7-8-19-17-6-5-15-13-16(24(28-4)21(26)27)9-11-22(15,2)20(17)10-12-23(18,19)3/h13,17-20H,5-12H2,1-4H3/p+1/t17-,18+,19-,20-,22-,23+/m0/s1. The van der Waals surface area contributed by atoms with Gasteiger partial charge in [0.05, 0.1) is 4.74 Å². The van der Waals surface area contributed by atoms with Crippen molar-refractivity contribution in [2.24, 2.45) is 34.5 Å². The molecule has 1 amide bonds. The van der Waals surface area contributed by atoms with Crippen LogP contribution in [0.3, 0.4) is 0 Å². The molecule has 3 fully saturated rings. The number of rotatable bonds is 2. The first-order valence-corrected chi connectivity index (χ1v) is 10.9. The Bertz CT molecular complexity index is 769. The summed E-state index contributed by atoms with van der Waals surface area (Å²) >= 11 is 0. The molecule has 28 heavy (non-hydrogen) atoms. The van der Waals surface area contributed by atoms with E-state index in [1.165, 1.54) is 31.9 Å². The lowest BCUT2D eigenvalue weighted by molar-refractivity contribution is -0.714. The molecule has 154 valence electrons. The lowest BCUT2D eigenvalue weighted by Crippen LogP contribution is -2.51. The SMILES string of the molecule is CO[N+](C(=O)O)=C1C=C2CC[C@H]3[C@@H]4CC[C@H](C(C)=O)[C@@]4(C)CC[C@@H]3[C@@]2(C)CC1. The minimum atomic E-state index is -1.05. The maximum atomic E-state index is 12.3. The number of ketones is 1. The summed E-state index contributed by atoms with van der Waals surface area (Å²) < 4.78 is 1.02. The average Bonchev–Trinajstić information content (AvgIpc) is 2.99. The van der Waals surface area contributed by atoms with Crippen LogP contribution in [0.4, 0.5) is 4.79 Å². The summed E-state index contributed by atoms with van der Waals surface area (Å²) in [5.74, 6) is 2.65. The van der Waals surface area contributed by atoms with E-state index in [0.717, 1.165) is 42.6 Å². The van der Waals surface area contributed by atoms with Crippen LogP contribution in [-0.4, -0.2) is 34.5 Å². The molecule has 4 aliphatic carbocycles. The summed E-state index contributed by atoms with van der Waals surface area (Å²) in [4.78, 5) is 28.8. The fraction of sp³-hybridized carbons (Fsp3) is 0.783. The van der Waals surface area contributed by atoms with Gasteiger partial charge in [0, 0.05) is 18.4 Å². The van der Waals surface area contributed by atoms with Gasteiger partial charge in [0.25, 0.3) is 0 Å². The lowest BCUT2D eigenvalue weighted by atomic mass is 9.46. The molecule has 4 rings (SSSR count). The van der Waals surface area contributed by atoms with Crippen LogP contribution in [0.1, 0.15) is 72.1 Å². The van der Waals surface area contributed by atoms with Crippen molar-refractivity contribution < 1.29 is 24.3 Å². The maximum Gasteiger partial charge on any atom is 0.643 e. The van der Waals surface area contributed by atoms with Crippen LogP contribution in [0.2, 0.25) is 0 Å². The smallest absolute Gasteiger partial charge is 0.424 e. The molecule has 0 spiro atoms. The summed E-state index contributed by atoms with van der Waals surface area (Å²) in [6.07, 6.45) is 9.60. The third-order valence-corrected chi connectivity index (χ3v) is 9.09. The molecular formula is C23H34NO4+. The molecule has 0 aromatic heterocycles. The number of amides is 1. The molecule has 0 bridgehead atoms. The van der Waals surface area contributed by atoms with E-state index in [1.807, 2.05) is 0 Å². The van der Waals surface area contributed by atoms with Crippen molar-refractivity contribution in [3.05, 3.63) is 11.6 Å².